The van der Waals surface area contributed by atoms with Crippen LogP contribution in [0.15, 0.2) is 85.0 Å². The first-order valence-electron chi connectivity index (χ1n) is 18.9. The molecule has 312 valence electrons. The van der Waals surface area contributed by atoms with Gasteiger partial charge in [-0.2, -0.15) is 0 Å². The Kier molecular flexibility index (Phi) is 19.7. The maximum absolute atomic E-state index is 14.1. The Morgan fingerprint density at radius 3 is 1.57 bits per heavy atom. The van der Waals surface area contributed by atoms with E-state index in [0.29, 0.717) is 78.4 Å². The summed E-state index contributed by atoms with van der Waals surface area (Å²) in [7, 11) is 3.05. The standard InChI is InChI=1S/C44H54N2O12/c1-30(2)42(49)56-24-10-8-22-54-36-16-12-33(13-17-36)40(47)45-35-28-32(5)39(38(29-35)41(48)46(20-26-52-6)21-27-53-7)58-44(51)34-14-18-37(19-15-34)55-23-9-11-25-57-43(50)31(3)4/h12-19,28-29H,1,3,8-11,20-27H2,2,4-7H3,(H,45,47). The number of nitrogens with one attached hydrogen (secondary N) is 1. The quantitative estimate of drug-likeness (QED) is 0.0415. The van der Waals surface area contributed by atoms with E-state index in [2.05, 4.69) is 18.5 Å². The number of ether oxygens (including phenoxy) is 7. The highest BCUT2D eigenvalue weighted by Crippen LogP contribution is 2.31. The van der Waals surface area contributed by atoms with Gasteiger partial charge in [0.1, 0.15) is 17.2 Å². The Morgan fingerprint density at radius 2 is 1.10 bits per heavy atom. The summed E-state index contributed by atoms with van der Waals surface area (Å²) in [6.07, 6.45) is 2.55. The number of aryl methyl sites for hydroxylation is 1. The molecule has 14 heteroatoms. The Morgan fingerprint density at radius 1 is 0.638 bits per heavy atom. The first-order valence-corrected chi connectivity index (χ1v) is 18.9. The number of esters is 3. The van der Waals surface area contributed by atoms with E-state index in [1.807, 2.05) is 0 Å². The average Bonchev–Trinajstić information content (AvgIpc) is 3.21. The fourth-order valence-electron chi connectivity index (χ4n) is 5.14. The molecular weight excluding hydrogens is 748 g/mol. The highest BCUT2D eigenvalue weighted by molar-refractivity contribution is 6.06. The maximum atomic E-state index is 14.1. The number of hydrogen-bond donors (Lipinski definition) is 1. The number of hydrogen-bond acceptors (Lipinski definition) is 12. The number of anilines is 1. The molecule has 0 aliphatic rings. The van der Waals surface area contributed by atoms with Gasteiger partial charge >= 0.3 is 17.9 Å². The van der Waals surface area contributed by atoms with Crippen molar-refractivity contribution < 1.29 is 57.1 Å². The predicted octanol–water partition coefficient (Wildman–Crippen LogP) is 6.76. The number of carbonyl (C=O) groups excluding carboxylic acids is 5. The number of methoxy groups -OCH3 is 2. The summed E-state index contributed by atoms with van der Waals surface area (Å²) in [5.74, 6) is -1.30. The molecule has 2 amide bonds. The molecule has 0 aliphatic heterocycles. The second kappa shape index (κ2) is 24.6. The molecule has 0 saturated heterocycles. The average molecular weight is 803 g/mol. The van der Waals surface area contributed by atoms with Crippen LogP contribution < -0.4 is 19.5 Å². The Balaban J connectivity index is 1.72. The molecule has 3 aromatic rings. The third kappa shape index (κ3) is 15.5. The van der Waals surface area contributed by atoms with Gasteiger partial charge in [-0.05, 0) is 113 Å². The van der Waals surface area contributed by atoms with E-state index < -0.39 is 29.7 Å². The summed E-state index contributed by atoms with van der Waals surface area (Å²) in [6, 6.07) is 16.1. The van der Waals surface area contributed by atoms with Gasteiger partial charge in [0.2, 0.25) is 0 Å². The molecule has 0 spiro atoms. The van der Waals surface area contributed by atoms with Crippen LogP contribution in [0.2, 0.25) is 0 Å². The topological polar surface area (TPSA) is 165 Å². The van der Waals surface area contributed by atoms with E-state index in [0.717, 1.165) is 0 Å². The third-order valence-corrected chi connectivity index (χ3v) is 8.36. The largest absolute Gasteiger partial charge is 0.494 e. The minimum Gasteiger partial charge on any atom is -0.494 e. The summed E-state index contributed by atoms with van der Waals surface area (Å²) in [5, 5.41) is 2.85. The monoisotopic (exact) mass is 802 g/mol. The molecule has 0 radical (unpaired) electrons. The van der Waals surface area contributed by atoms with Crippen LogP contribution in [0.1, 0.15) is 76.2 Å². The SMILES string of the molecule is C=C(C)C(=O)OCCCCOc1ccc(C(=O)Nc2cc(C)c(OC(=O)c3ccc(OCCCCOC(=O)C(=C)C)cc3)c(C(=O)N(CCOC)CCOC)c2)cc1. The van der Waals surface area contributed by atoms with Crippen molar-refractivity contribution in [2.24, 2.45) is 0 Å². The molecule has 3 rings (SSSR count). The highest BCUT2D eigenvalue weighted by Gasteiger charge is 2.25. The van der Waals surface area contributed by atoms with Crippen molar-refractivity contribution in [1.82, 2.24) is 4.90 Å². The van der Waals surface area contributed by atoms with E-state index in [1.54, 1.807) is 75.4 Å². The number of carbonyl (C=O) groups is 5. The fourth-order valence-corrected chi connectivity index (χ4v) is 5.14. The summed E-state index contributed by atoms with van der Waals surface area (Å²) in [6.45, 7) is 14.2. The Hall–Kier alpha value is -5.99. The molecular formula is C44H54N2O12. The second-order valence-corrected chi connectivity index (χ2v) is 13.3. The zero-order valence-electron chi connectivity index (χ0n) is 34.0. The van der Waals surface area contributed by atoms with Crippen molar-refractivity contribution in [2.45, 2.75) is 46.5 Å². The number of rotatable bonds is 25. The maximum Gasteiger partial charge on any atom is 0.343 e. The molecule has 0 fully saturated rings. The molecule has 0 aromatic heterocycles. The summed E-state index contributed by atoms with van der Waals surface area (Å²) in [5.41, 5.74) is 2.06. The molecule has 3 aromatic carbocycles. The molecule has 0 saturated carbocycles. The van der Waals surface area contributed by atoms with Gasteiger partial charge in [-0.1, -0.05) is 13.2 Å². The van der Waals surface area contributed by atoms with Crippen LogP contribution in [0.25, 0.3) is 0 Å². The Bertz CT molecular complexity index is 1860. The minimum absolute atomic E-state index is 0.0380. The number of unbranched alkanes of at least 4 members (excludes halogenated alkanes) is 2. The zero-order chi connectivity index (χ0) is 42.5. The highest BCUT2D eigenvalue weighted by atomic mass is 16.5. The number of nitrogens with zero attached hydrogens (tertiary/aromatic N) is 1. The van der Waals surface area contributed by atoms with Gasteiger partial charge in [-0.15, -0.1) is 0 Å². The molecule has 0 heterocycles. The number of benzene rings is 3. The van der Waals surface area contributed by atoms with Gasteiger partial charge in [0.25, 0.3) is 11.8 Å². The van der Waals surface area contributed by atoms with Gasteiger partial charge in [-0.3, -0.25) is 9.59 Å². The molecule has 0 bridgehead atoms. The van der Waals surface area contributed by atoms with Gasteiger partial charge in [0, 0.05) is 49.7 Å². The molecule has 1 N–H and O–H groups in total. The summed E-state index contributed by atoms with van der Waals surface area (Å²) in [4.78, 5) is 65.4. The van der Waals surface area contributed by atoms with Crippen LogP contribution in [0.4, 0.5) is 5.69 Å². The lowest BCUT2D eigenvalue weighted by Crippen LogP contribution is -2.37. The van der Waals surface area contributed by atoms with Crippen LogP contribution in [-0.2, 0) is 28.5 Å². The van der Waals surface area contributed by atoms with Crippen LogP contribution in [0, 0.1) is 6.92 Å². The molecule has 14 nitrogen and oxygen atoms in total. The number of amides is 2. The van der Waals surface area contributed by atoms with Crippen LogP contribution >= 0.6 is 0 Å². The summed E-state index contributed by atoms with van der Waals surface area (Å²) >= 11 is 0. The van der Waals surface area contributed by atoms with Crippen LogP contribution in [0.5, 0.6) is 17.2 Å². The lowest BCUT2D eigenvalue weighted by Gasteiger charge is -2.24. The second-order valence-electron chi connectivity index (χ2n) is 13.3. The Labute approximate surface area is 340 Å². The van der Waals surface area contributed by atoms with Crippen molar-refractivity contribution in [2.75, 3.05) is 72.3 Å². The minimum atomic E-state index is -0.700. The van der Waals surface area contributed by atoms with Gasteiger partial charge in [-0.25, -0.2) is 14.4 Å². The summed E-state index contributed by atoms with van der Waals surface area (Å²) < 4.78 is 38.0. The molecule has 0 unspecified atom stereocenters. The van der Waals surface area contributed by atoms with Gasteiger partial charge in [0.15, 0.2) is 0 Å². The van der Waals surface area contributed by atoms with E-state index in [9.17, 15) is 24.0 Å². The normalized spacial score (nSPS) is 10.6. The van der Waals surface area contributed by atoms with Crippen molar-refractivity contribution in [3.8, 4) is 17.2 Å². The van der Waals surface area contributed by atoms with Crippen molar-refractivity contribution in [3.63, 3.8) is 0 Å². The van der Waals surface area contributed by atoms with E-state index in [-0.39, 0.29) is 56.4 Å². The van der Waals surface area contributed by atoms with E-state index in [1.165, 1.54) is 25.2 Å². The van der Waals surface area contributed by atoms with Crippen molar-refractivity contribution in [3.05, 3.63) is 107 Å². The van der Waals surface area contributed by atoms with Crippen molar-refractivity contribution in [1.29, 1.82) is 0 Å². The first-order chi connectivity index (χ1) is 27.8. The van der Waals surface area contributed by atoms with Crippen molar-refractivity contribution >= 4 is 35.4 Å². The van der Waals surface area contributed by atoms with Crippen LogP contribution in [0.3, 0.4) is 0 Å². The van der Waals surface area contributed by atoms with Gasteiger partial charge in [0.05, 0.1) is 50.8 Å². The zero-order valence-corrected chi connectivity index (χ0v) is 34.0. The molecule has 0 atom stereocenters. The predicted molar refractivity (Wildman–Crippen MR) is 218 cm³/mol. The van der Waals surface area contributed by atoms with E-state index in [4.69, 9.17) is 33.2 Å². The van der Waals surface area contributed by atoms with Gasteiger partial charge < -0.3 is 43.4 Å². The molecule has 0 aliphatic carbocycles. The lowest BCUT2D eigenvalue weighted by atomic mass is 10.1. The lowest BCUT2D eigenvalue weighted by molar-refractivity contribution is -0.139. The molecule has 58 heavy (non-hydrogen) atoms. The van der Waals surface area contributed by atoms with E-state index >= 15 is 0 Å². The van der Waals surface area contributed by atoms with Crippen LogP contribution in [-0.4, -0.2) is 102 Å². The third-order valence-electron chi connectivity index (χ3n) is 8.36. The fraction of sp³-hybridized carbons (Fsp3) is 0.386. The smallest absolute Gasteiger partial charge is 0.343 e. The first kappa shape index (κ1) is 46.4.